The summed E-state index contributed by atoms with van der Waals surface area (Å²) in [5.74, 6) is 1.56. The van der Waals surface area contributed by atoms with Crippen LogP contribution >= 0.6 is 0 Å². The summed E-state index contributed by atoms with van der Waals surface area (Å²) >= 11 is 0. The van der Waals surface area contributed by atoms with Crippen LogP contribution in [-0.4, -0.2) is 63.9 Å². The van der Waals surface area contributed by atoms with Gasteiger partial charge in [-0.3, -0.25) is 9.80 Å². The maximum atomic E-state index is 9.37. The third-order valence-electron chi connectivity index (χ3n) is 4.22. The first kappa shape index (κ1) is 16.4. The topological polar surface area (TPSA) is 65.6 Å². The van der Waals surface area contributed by atoms with Crippen LogP contribution in [0, 0.1) is 0 Å². The summed E-state index contributed by atoms with van der Waals surface area (Å²) in [6, 6.07) is 0.304. The van der Waals surface area contributed by atoms with Gasteiger partial charge < -0.3 is 9.63 Å². The van der Waals surface area contributed by atoms with Crippen LogP contribution < -0.4 is 0 Å². The SMILES string of the molecule is CCCCc1nc(CN2CCN(C(CC)CO)CC2)no1. The van der Waals surface area contributed by atoms with E-state index in [1.165, 1.54) is 0 Å². The first-order chi connectivity index (χ1) is 10.3. The minimum absolute atomic E-state index is 0.252. The van der Waals surface area contributed by atoms with Crippen molar-refractivity contribution in [2.24, 2.45) is 0 Å². The first-order valence-corrected chi connectivity index (χ1v) is 8.15. The van der Waals surface area contributed by atoms with Crippen LogP contribution in [0.2, 0.25) is 0 Å². The van der Waals surface area contributed by atoms with E-state index in [4.69, 9.17) is 4.52 Å². The van der Waals surface area contributed by atoms with Gasteiger partial charge in [0.15, 0.2) is 5.82 Å². The van der Waals surface area contributed by atoms with Crippen molar-refractivity contribution in [2.45, 2.75) is 52.1 Å². The fourth-order valence-electron chi connectivity index (χ4n) is 2.77. The van der Waals surface area contributed by atoms with Crippen LogP contribution in [-0.2, 0) is 13.0 Å². The minimum Gasteiger partial charge on any atom is -0.395 e. The molecule has 0 aliphatic carbocycles. The second-order valence-electron chi connectivity index (χ2n) is 5.76. The first-order valence-electron chi connectivity index (χ1n) is 8.15. The second kappa shape index (κ2) is 8.46. The second-order valence-corrected chi connectivity index (χ2v) is 5.76. The van der Waals surface area contributed by atoms with Crippen LogP contribution in [0.1, 0.15) is 44.8 Å². The maximum Gasteiger partial charge on any atom is 0.226 e. The van der Waals surface area contributed by atoms with Crippen LogP contribution in [0.3, 0.4) is 0 Å². The van der Waals surface area contributed by atoms with Gasteiger partial charge in [-0.25, -0.2) is 0 Å². The van der Waals surface area contributed by atoms with Gasteiger partial charge >= 0.3 is 0 Å². The molecule has 0 aromatic carbocycles. The number of aliphatic hydroxyl groups excluding tert-OH is 1. The summed E-state index contributed by atoms with van der Waals surface area (Å²) < 4.78 is 5.27. The lowest BCUT2D eigenvalue weighted by atomic mass is 10.1. The molecule has 1 aromatic rings. The molecule has 1 atom stereocenters. The highest BCUT2D eigenvalue weighted by molar-refractivity contribution is 4.88. The molecule has 0 radical (unpaired) electrons. The third kappa shape index (κ3) is 4.76. The van der Waals surface area contributed by atoms with Gasteiger partial charge in [-0.1, -0.05) is 25.4 Å². The summed E-state index contributed by atoms with van der Waals surface area (Å²) in [5.41, 5.74) is 0. The van der Waals surface area contributed by atoms with E-state index in [0.29, 0.717) is 6.04 Å². The van der Waals surface area contributed by atoms with Crippen molar-refractivity contribution in [3.63, 3.8) is 0 Å². The molecule has 1 aliphatic rings. The number of piperazine rings is 1. The molecule has 0 amide bonds. The van der Waals surface area contributed by atoms with Crippen molar-refractivity contribution in [1.29, 1.82) is 0 Å². The summed E-state index contributed by atoms with van der Waals surface area (Å²) in [6.45, 7) is 9.29. The Bertz CT molecular complexity index is 398. The van der Waals surface area contributed by atoms with Gasteiger partial charge in [-0.2, -0.15) is 4.98 Å². The van der Waals surface area contributed by atoms with Crippen molar-refractivity contribution >= 4 is 0 Å². The fraction of sp³-hybridized carbons (Fsp3) is 0.867. The molecule has 21 heavy (non-hydrogen) atoms. The fourth-order valence-corrected chi connectivity index (χ4v) is 2.77. The number of unbranched alkanes of at least 4 members (excludes halogenated alkanes) is 1. The number of hydrogen-bond acceptors (Lipinski definition) is 6. The predicted molar refractivity (Wildman–Crippen MR) is 80.9 cm³/mol. The van der Waals surface area contributed by atoms with Gasteiger partial charge in [-0.15, -0.1) is 0 Å². The van der Waals surface area contributed by atoms with Crippen molar-refractivity contribution in [3.05, 3.63) is 11.7 Å². The van der Waals surface area contributed by atoms with E-state index >= 15 is 0 Å². The van der Waals surface area contributed by atoms with Crippen molar-refractivity contribution < 1.29 is 9.63 Å². The quantitative estimate of drug-likeness (QED) is 0.780. The molecule has 6 heteroatoms. The Morgan fingerprint density at radius 2 is 2.00 bits per heavy atom. The van der Waals surface area contributed by atoms with Crippen LogP contribution in [0.25, 0.3) is 0 Å². The van der Waals surface area contributed by atoms with Gasteiger partial charge in [0.05, 0.1) is 13.2 Å². The Labute approximate surface area is 127 Å². The summed E-state index contributed by atoms with van der Waals surface area (Å²) in [5, 5.41) is 13.4. The van der Waals surface area contributed by atoms with E-state index in [1.807, 2.05) is 0 Å². The zero-order valence-corrected chi connectivity index (χ0v) is 13.3. The number of nitrogens with zero attached hydrogens (tertiary/aromatic N) is 4. The Kier molecular flexibility index (Phi) is 6.60. The zero-order valence-electron chi connectivity index (χ0n) is 13.3. The van der Waals surface area contributed by atoms with E-state index in [1.54, 1.807) is 0 Å². The van der Waals surface area contributed by atoms with Crippen molar-refractivity contribution in [2.75, 3.05) is 32.8 Å². The Morgan fingerprint density at radius 1 is 1.24 bits per heavy atom. The molecule has 2 rings (SSSR count). The highest BCUT2D eigenvalue weighted by Crippen LogP contribution is 2.11. The van der Waals surface area contributed by atoms with Gasteiger partial charge in [0.1, 0.15) is 0 Å². The molecular formula is C15H28N4O2. The van der Waals surface area contributed by atoms with E-state index in [-0.39, 0.29) is 6.61 Å². The summed E-state index contributed by atoms with van der Waals surface area (Å²) in [7, 11) is 0. The number of aromatic nitrogens is 2. The number of hydrogen-bond donors (Lipinski definition) is 1. The molecule has 0 spiro atoms. The summed E-state index contributed by atoms with van der Waals surface area (Å²) in [6.07, 6.45) is 4.12. The molecule has 0 saturated carbocycles. The molecule has 1 saturated heterocycles. The average Bonchev–Trinajstić information content (AvgIpc) is 2.95. The highest BCUT2D eigenvalue weighted by Gasteiger charge is 2.23. The maximum absolute atomic E-state index is 9.37. The molecule has 2 heterocycles. The highest BCUT2D eigenvalue weighted by atomic mass is 16.5. The molecule has 0 bridgehead atoms. The van der Waals surface area contributed by atoms with E-state index in [2.05, 4.69) is 33.8 Å². The molecule has 1 N–H and O–H groups in total. The van der Waals surface area contributed by atoms with E-state index in [9.17, 15) is 5.11 Å². The van der Waals surface area contributed by atoms with Crippen molar-refractivity contribution in [1.82, 2.24) is 19.9 Å². The zero-order chi connectivity index (χ0) is 15.1. The lowest BCUT2D eigenvalue weighted by Crippen LogP contribution is -2.50. The predicted octanol–water partition coefficient (Wildman–Crippen LogP) is 1.30. The Hall–Kier alpha value is -0.980. The number of aryl methyl sites for hydroxylation is 1. The molecule has 1 unspecified atom stereocenters. The minimum atomic E-state index is 0.252. The van der Waals surface area contributed by atoms with E-state index in [0.717, 1.165) is 70.1 Å². The Morgan fingerprint density at radius 3 is 2.62 bits per heavy atom. The normalized spacial score (nSPS) is 19.0. The number of rotatable bonds is 8. The Balaban J connectivity index is 1.76. The van der Waals surface area contributed by atoms with E-state index < -0.39 is 0 Å². The van der Waals surface area contributed by atoms with Crippen LogP contribution in [0.15, 0.2) is 4.52 Å². The molecule has 1 aromatic heterocycles. The third-order valence-corrected chi connectivity index (χ3v) is 4.22. The monoisotopic (exact) mass is 296 g/mol. The molecule has 1 aliphatic heterocycles. The van der Waals surface area contributed by atoms with Crippen molar-refractivity contribution in [3.8, 4) is 0 Å². The smallest absolute Gasteiger partial charge is 0.226 e. The van der Waals surface area contributed by atoms with Crippen LogP contribution in [0.5, 0.6) is 0 Å². The lowest BCUT2D eigenvalue weighted by molar-refractivity contribution is 0.0596. The largest absolute Gasteiger partial charge is 0.395 e. The molecule has 1 fully saturated rings. The van der Waals surface area contributed by atoms with Gasteiger partial charge in [0, 0.05) is 38.6 Å². The van der Waals surface area contributed by atoms with Gasteiger partial charge in [0.25, 0.3) is 0 Å². The summed E-state index contributed by atoms with van der Waals surface area (Å²) in [4.78, 5) is 9.19. The molecular weight excluding hydrogens is 268 g/mol. The molecule has 120 valence electrons. The molecule has 6 nitrogen and oxygen atoms in total. The lowest BCUT2D eigenvalue weighted by Gasteiger charge is -2.37. The van der Waals surface area contributed by atoms with Crippen LogP contribution in [0.4, 0.5) is 0 Å². The number of aliphatic hydroxyl groups is 1. The standard InChI is InChI=1S/C15H28N4O2/c1-3-5-6-15-16-14(17-21-15)11-18-7-9-19(10-8-18)13(4-2)12-20/h13,20H,3-12H2,1-2H3. The van der Waals surface area contributed by atoms with Gasteiger partial charge in [-0.05, 0) is 12.8 Å². The average molecular weight is 296 g/mol. The van der Waals surface area contributed by atoms with Gasteiger partial charge in [0.2, 0.25) is 5.89 Å².